The zero-order valence-electron chi connectivity index (χ0n) is 15.9. The second-order valence-electron chi connectivity index (χ2n) is 6.57. The summed E-state index contributed by atoms with van der Waals surface area (Å²) in [5, 5.41) is 3.53. The first-order valence-electron chi connectivity index (χ1n) is 9.19. The third kappa shape index (κ3) is 5.42. The Morgan fingerprint density at radius 3 is 2.26 bits per heavy atom. The minimum atomic E-state index is -0.212. The summed E-state index contributed by atoms with van der Waals surface area (Å²) in [4.78, 5) is 2.38. The first-order valence-corrected chi connectivity index (χ1v) is 9.19. The van der Waals surface area contributed by atoms with Gasteiger partial charge in [-0.1, -0.05) is 12.1 Å². The Labute approximate surface area is 160 Å². The molecule has 2 aromatic rings. The van der Waals surface area contributed by atoms with Crippen LogP contribution in [0.5, 0.6) is 11.5 Å². The number of benzene rings is 2. The van der Waals surface area contributed by atoms with Crippen LogP contribution in [0.1, 0.15) is 17.2 Å². The van der Waals surface area contributed by atoms with Gasteiger partial charge in [-0.15, -0.1) is 0 Å². The second-order valence-corrected chi connectivity index (χ2v) is 6.57. The van der Waals surface area contributed by atoms with Gasteiger partial charge in [0.1, 0.15) is 17.3 Å². The molecule has 1 aliphatic rings. The number of methoxy groups -OCH3 is 2. The molecule has 0 aliphatic carbocycles. The minimum absolute atomic E-state index is 0.169. The van der Waals surface area contributed by atoms with Gasteiger partial charge in [0.15, 0.2) is 0 Å². The van der Waals surface area contributed by atoms with Gasteiger partial charge in [-0.2, -0.15) is 0 Å². The maximum atomic E-state index is 13.3. The van der Waals surface area contributed by atoms with Crippen LogP contribution in [0, 0.1) is 5.82 Å². The van der Waals surface area contributed by atoms with Crippen LogP contribution in [0.15, 0.2) is 42.5 Å². The predicted octanol–water partition coefficient (Wildman–Crippen LogP) is 3.01. The average Bonchev–Trinajstić information content (AvgIpc) is 2.72. The lowest BCUT2D eigenvalue weighted by atomic mass is 10.0. The van der Waals surface area contributed by atoms with E-state index in [1.54, 1.807) is 14.2 Å². The molecule has 0 spiro atoms. The molecule has 3 rings (SSSR count). The molecular formula is C21H27FN2O3. The van der Waals surface area contributed by atoms with Gasteiger partial charge in [-0.25, -0.2) is 4.39 Å². The van der Waals surface area contributed by atoms with Crippen LogP contribution >= 0.6 is 0 Å². The van der Waals surface area contributed by atoms with E-state index in [-0.39, 0.29) is 11.9 Å². The quantitative estimate of drug-likeness (QED) is 0.769. The first kappa shape index (κ1) is 19.6. The Hall–Kier alpha value is -2.15. The van der Waals surface area contributed by atoms with E-state index < -0.39 is 0 Å². The molecule has 0 aromatic heterocycles. The van der Waals surface area contributed by atoms with E-state index in [1.807, 2.05) is 30.3 Å². The standard InChI is InChI=1S/C21H27FN2O3/c1-25-19-11-16(12-20(13-19)26-2)14-23-15-21(24-7-9-27-10-8-24)17-3-5-18(22)6-4-17/h3-6,11-13,21,23H,7-10,14-15H2,1-2H3/t21-/m0/s1. The molecular weight excluding hydrogens is 347 g/mol. The molecule has 1 atom stereocenters. The first-order chi connectivity index (χ1) is 13.2. The molecule has 0 unspecified atom stereocenters. The van der Waals surface area contributed by atoms with Crippen molar-refractivity contribution in [2.24, 2.45) is 0 Å². The maximum Gasteiger partial charge on any atom is 0.123 e. The Balaban J connectivity index is 1.68. The van der Waals surface area contributed by atoms with E-state index in [4.69, 9.17) is 14.2 Å². The minimum Gasteiger partial charge on any atom is -0.497 e. The fraction of sp³-hybridized carbons (Fsp3) is 0.429. The normalized spacial score (nSPS) is 16.1. The number of morpholine rings is 1. The van der Waals surface area contributed by atoms with Crippen molar-refractivity contribution in [2.75, 3.05) is 47.1 Å². The summed E-state index contributed by atoms with van der Waals surface area (Å²) in [5.41, 5.74) is 2.19. The van der Waals surface area contributed by atoms with Gasteiger partial charge in [0.2, 0.25) is 0 Å². The largest absolute Gasteiger partial charge is 0.497 e. The molecule has 1 N–H and O–H groups in total. The molecule has 27 heavy (non-hydrogen) atoms. The van der Waals surface area contributed by atoms with Crippen molar-refractivity contribution >= 4 is 0 Å². The number of rotatable bonds is 8. The molecule has 146 valence electrons. The highest BCUT2D eigenvalue weighted by molar-refractivity contribution is 5.38. The number of ether oxygens (including phenoxy) is 3. The van der Waals surface area contributed by atoms with Gasteiger partial charge in [0, 0.05) is 38.3 Å². The molecule has 2 aromatic carbocycles. The average molecular weight is 374 g/mol. The Bertz CT molecular complexity index is 696. The maximum absolute atomic E-state index is 13.3. The summed E-state index contributed by atoms with van der Waals surface area (Å²) in [6.45, 7) is 4.64. The summed E-state index contributed by atoms with van der Waals surface area (Å²) < 4.78 is 29.5. The highest BCUT2D eigenvalue weighted by Crippen LogP contribution is 2.24. The molecule has 1 heterocycles. The lowest BCUT2D eigenvalue weighted by Gasteiger charge is -2.35. The van der Waals surface area contributed by atoms with Crippen LogP contribution < -0.4 is 14.8 Å². The van der Waals surface area contributed by atoms with Crippen LogP contribution in [0.25, 0.3) is 0 Å². The molecule has 5 nitrogen and oxygen atoms in total. The fourth-order valence-electron chi connectivity index (χ4n) is 3.35. The van der Waals surface area contributed by atoms with Crippen molar-refractivity contribution in [1.82, 2.24) is 10.2 Å². The van der Waals surface area contributed by atoms with E-state index in [1.165, 1.54) is 12.1 Å². The summed E-state index contributed by atoms with van der Waals surface area (Å²) in [7, 11) is 3.30. The van der Waals surface area contributed by atoms with E-state index in [0.29, 0.717) is 6.54 Å². The van der Waals surface area contributed by atoms with E-state index in [2.05, 4.69) is 10.2 Å². The Morgan fingerprint density at radius 1 is 1.04 bits per heavy atom. The molecule has 1 saturated heterocycles. The molecule has 0 amide bonds. The van der Waals surface area contributed by atoms with Gasteiger partial charge in [-0.3, -0.25) is 4.90 Å². The summed E-state index contributed by atoms with van der Waals surface area (Å²) >= 11 is 0. The van der Waals surface area contributed by atoms with Gasteiger partial charge in [-0.05, 0) is 35.4 Å². The van der Waals surface area contributed by atoms with Crippen LogP contribution in [0.2, 0.25) is 0 Å². The molecule has 0 bridgehead atoms. The monoisotopic (exact) mass is 374 g/mol. The third-order valence-corrected chi connectivity index (χ3v) is 4.82. The van der Waals surface area contributed by atoms with Crippen LogP contribution in [0.3, 0.4) is 0 Å². The van der Waals surface area contributed by atoms with Crippen molar-refractivity contribution in [2.45, 2.75) is 12.6 Å². The van der Waals surface area contributed by atoms with Crippen molar-refractivity contribution in [3.8, 4) is 11.5 Å². The van der Waals surface area contributed by atoms with E-state index in [0.717, 1.165) is 55.5 Å². The van der Waals surface area contributed by atoms with Gasteiger partial charge < -0.3 is 19.5 Å². The lowest BCUT2D eigenvalue weighted by Crippen LogP contribution is -2.42. The SMILES string of the molecule is COc1cc(CNC[C@@H](c2ccc(F)cc2)N2CCOCC2)cc(OC)c1. The van der Waals surface area contributed by atoms with Crippen LogP contribution in [0.4, 0.5) is 4.39 Å². The highest BCUT2D eigenvalue weighted by Gasteiger charge is 2.22. The number of hydrogen-bond donors (Lipinski definition) is 1. The van der Waals surface area contributed by atoms with Crippen LogP contribution in [-0.2, 0) is 11.3 Å². The van der Waals surface area contributed by atoms with Crippen molar-refractivity contribution in [3.05, 3.63) is 59.4 Å². The summed E-state index contributed by atoms with van der Waals surface area (Å²) in [5.74, 6) is 1.33. The molecule has 0 saturated carbocycles. The van der Waals surface area contributed by atoms with Crippen molar-refractivity contribution < 1.29 is 18.6 Å². The van der Waals surface area contributed by atoms with Crippen molar-refractivity contribution in [3.63, 3.8) is 0 Å². The molecule has 1 aliphatic heterocycles. The summed E-state index contributed by atoms with van der Waals surface area (Å²) in [6.07, 6.45) is 0. The van der Waals surface area contributed by atoms with Gasteiger partial charge >= 0.3 is 0 Å². The summed E-state index contributed by atoms with van der Waals surface area (Å²) in [6, 6.07) is 12.8. The predicted molar refractivity (Wildman–Crippen MR) is 103 cm³/mol. The number of nitrogens with zero attached hydrogens (tertiary/aromatic N) is 1. The second kappa shape index (κ2) is 9.69. The van der Waals surface area contributed by atoms with Crippen molar-refractivity contribution in [1.29, 1.82) is 0 Å². The van der Waals surface area contributed by atoms with Crippen LogP contribution in [-0.4, -0.2) is 52.0 Å². The van der Waals surface area contributed by atoms with E-state index in [9.17, 15) is 4.39 Å². The zero-order valence-corrected chi connectivity index (χ0v) is 15.9. The number of hydrogen-bond acceptors (Lipinski definition) is 5. The smallest absolute Gasteiger partial charge is 0.123 e. The van der Waals surface area contributed by atoms with Gasteiger partial charge in [0.25, 0.3) is 0 Å². The number of nitrogens with one attached hydrogen (secondary N) is 1. The zero-order chi connectivity index (χ0) is 19.1. The topological polar surface area (TPSA) is 43.0 Å². The van der Waals surface area contributed by atoms with E-state index >= 15 is 0 Å². The highest BCUT2D eigenvalue weighted by atomic mass is 19.1. The Morgan fingerprint density at radius 2 is 1.67 bits per heavy atom. The third-order valence-electron chi connectivity index (χ3n) is 4.82. The molecule has 1 fully saturated rings. The Kier molecular flexibility index (Phi) is 7.04. The fourth-order valence-corrected chi connectivity index (χ4v) is 3.35. The molecule has 6 heteroatoms. The molecule has 0 radical (unpaired) electrons. The number of halogens is 1. The lowest BCUT2D eigenvalue weighted by molar-refractivity contribution is 0.0161. The van der Waals surface area contributed by atoms with Gasteiger partial charge in [0.05, 0.1) is 27.4 Å².